The van der Waals surface area contributed by atoms with Crippen LogP contribution in [0.2, 0.25) is 0 Å². The molecule has 2 aliphatic rings. The Balaban J connectivity index is 1.62. The fraction of sp³-hybridized carbons (Fsp3) is 0.500. The van der Waals surface area contributed by atoms with Gasteiger partial charge in [0.1, 0.15) is 12.1 Å². The maximum atomic E-state index is 10.9. The Morgan fingerprint density at radius 1 is 1.25 bits per heavy atom. The Morgan fingerprint density at radius 2 is 2.04 bits per heavy atom. The van der Waals surface area contributed by atoms with Gasteiger partial charge in [-0.2, -0.15) is 5.10 Å². The first kappa shape index (κ1) is 15.8. The van der Waals surface area contributed by atoms with Crippen LogP contribution in [-0.2, 0) is 9.47 Å². The summed E-state index contributed by atoms with van der Waals surface area (Å²) < 4.78 is 13.5. The maximum Gasteiger partial charge on any atom is 0.183 e. The minimum atomic E-state index is -0.623. The molecule has 24 heavy (non-hydrogen) atoms. The second kappa shape index (κ2) is 6.29. The van der Waals surface area contributed by atoms with Gasteiger partial charge in [0.15, 0.2) is 6.29 Å². The molecular weight excluding hydrogens is 306 g/mol. The second-order valence-electron chi connectivity index (χ2n) is 6.78. The summed E-state index contributed by atoms with van der Waals surface area (Å²) in [4.78, 5) is 0. The maximum absolute atomic E-state index is 10.9. The fourth-order valence-corrected chi connectivity index (χ4v) is 3.55. The van der Waals surface area contributed by atoms with Crippen molar-refractivity contribution in [3.63, 3.8) is 0 Å². The topological polar surface area (TPSA) is 68.5 Å². The van der Waals surface area contributed by atoms with Gasteiger partial charge >= 0.3 is 0 Å². The summed E-state index contributed by atoms with van der Waals surface area (Å²) in [6.07, 6.45) is 2.56. The Labute approximate surface area is 141 Å². The lowest BCUT2D eigenvalue weighted by Crippen LogP contribution is -2.59. The number of fused-ring (bicyclic) bond motifs is 2. The van der Waals surface area contributed by atoms with Gasteiger partial charge in [-0.05, 0) is 5.56 Å². The van der Waals surface area contributed by atoms with E-state index in [-0.39, 0.29) is 24.2 Å². The van der Waals surface area contributed by atoms with Gasteiger partial charge in [-0.25, -0.2) is 0 Å². The van der Waals surface area contributed by atoms with Crippen LogP contribution in [0, 0.1) is 0 Å². The van der Waals surface area contributed by atoms with E-state index in [1.54, 1.807) is 4.68 Å². The molecular formula is C18H23N3O3. The molecule has 0 amide bonds. The van der Waals surface area contributed by atoms with E-state index in [0.29, 0.717) is 6.61 Å². The predicted octanol–water partition coefficient (Wildman–Crippen LogP) is 1.57. The Morgan fingerprint density at radius 3 is 2.79 bits per heavy atom. The second-order valence-corrected chi connectivity index (χ2v) is 6.78. The molecule has 0 spiro atoms. The van der Waals surface area contributed by atoms with Gasteiger partial charge < -0.3 is 19.9 Å². The minimum Gasteiger partial charge on any atom is -0.389 e. The van der Waals surface area contributed by atoms with Gasteiger partial charge in [0.2, 0.25) is 0 Å². The highest BCUT2D eigenvalue weighted by Crippen LogP contribution is 2.36. The van der Waals surface area contributed by atoms with Gasteiger partial charge in [-0.1, -0.05) is 44.2 Å². The number of aliphatic hydroxyl groups is 1. The first-order valence-electron chi connectivity index (χ1n) is 8.44. The van der Waals surface area contributed by atoms with Crippen LogP contribution in [0.1, 0.15) is 19.9 Å². The van der Waals surface area contributed by atoms with E-state index in [1.165, 1.54) is 0 Å². The van der Waals surface area contributed by atoms with Crippen molar-refractivity contribution in [2.45, 2.75) is 50.5 Å². The van der Waals surface area contributed by atoms with Crippen LogP contribution in [0.15, 0.2) is 42.7 Å². The number of aliphatic hydroxyl groups excluding tert-OH is 1. The van der Waals surface area contributed by atoms with Crippen molar-refractivity contribution in [3.8, 4) is 11.1 Å². The molecule has 2 N–H and O–H groups in total. The van der Waals surface area contributed by atoms with E-state index in [4.69, 9.17) is 9.47 Å². The van der Waals surface area contributed by atoms with Crippen molar-refractivity contribution in [2.24, 2.45) is 0 Å². The number of benzene rings is 1. The molecule has 3 heterocycles. The molecule has 4 rings (SSSR count). The summed E-state index contributed by atoms with van der Waals surface area (Å²) in [6, 6.07) is 9.79. The van der Waals surface area contributed by atoms with Crippen LogP contribution < -0.4 is 5.32 Å². The molecule has 5 atom stereocenters. The van der Waals surface area contributed by atoms with E-state index in [9.17, 15) is 5.11 Å². The zero-order chi connectivity index (χ0) is 16.7. The highest BCUT2D eigenvalue weighted by atomic mass is 16.7. The third-order valence-corrected chi connectivity index (χ3v) is 4.67. The normalized spacial score (nSPS) is 32.4. The molecule has 0 aliphatic carbocycles. The van der Waals surface area contributed by atoms with Gasteiger partial charge in [0.25, 0.3) is 0 Å². The third-order valence-electron chi connectivity index (χ3n) is 4.67. The Hall–Kier alpha value is -1.73. The Kier molecular flexibility index (Phi) is 4.14. The van der Waals surface area contributed by atoms with Crippen molar-refractivity contribution in [3.05, 3.63) is 42.7 Å². The molecule has 128 valence electrons. The van der Waals surface area contributed by atoms with Crippen LogP contribution in [0.5, 0.6) is 0 Å². The van der Waals surface area contributed by atoms with Crippen LogP contribution in [-0.4, -0.2) is 52.1 Å². The largest absolute Gasteiger partial charge is 0.389 e. The van der Waals surface area contributed by atoms with Gasteiger partial charge in [0.05, 0.1) is 24.9 Å². The van der Waals surface area contributed by atoms with Gasteiger partial charge in [0, 0.05) is 17.8 Å². The molecule has 1 aromatic heterocycles. The molecule has 2 bridgehead atoms. The number of aromatic nitrogens is 2. The van der Waals surface area contributed by atoms with E-state index >= 15 is 0 Å². The molecule has 6 heteroatoms. The first-order valence-corrected chi connectivity index (χ1v) is 8.44. The molecule has 2 aromatic rings. The number of rotatable bonds is 4. The highest BCUT2D eigenvalue weighted by Gasteiger charge is 2.51. The lowest BCUT2D eigenvalue weighted by molar-refractivity contribution is -0.168. The zero-order valence-electron chi connectivity index (χ0n) is 13.9. The number of hydrogen-bond donors (Lipinski definition) is 2. The van der Waals surface area contributed by atoms with Crippen LogP contribution >= 0.6 is 0 Å². The molecule has 0 saturated carbocycles. The molecule has 2 saturated heterocycles. The molecule has 2 fully saturated rings. The van der Waals surface area contributed by atoms with Crippen LogP contribution in [0.3, 0.4) is 0 Å². The van der Waals surface area contributed by atoms with Crippen LogP contribution in [0.25, 0.3) is 11.1 Å². The zero-order valence-corrected chi connectivity index (χ0v) is 13.9. The van der Waals surface area contributed by atoms with E-state index in [0.717, 1.165) is 11.1 Å². The SMILES string of the molecule is CC(C)N[C@H]1[C@H](O)[C@@H](n2cc(-c3ccccc3)cn2)[C@@H]2OC[C@H]1O2. The van der Waals surface area contributed by atoms with Crippen LogP contribution in [0.4, 0.5) is 0 Å². The first-order chi connectivity index (χ1) is 11.6. The summed E-state index contributed by atoms with van der Waals surface area (Å²) in [7, 11) is 0. The number of hydrogen-bond acceptors (Lipinski definition) is 5. The summed E-state index contributed by atoms with van der Waals surface area (Å²) in [5.41, 5.74) is 2.10. The average Bonchev–Trinajstić information content (AvgIpc) is 3.21. The van der Waals surface area contributed by atoms with Gasteiger partial charge in [-0.3, -0.25) is 4.68 Å². The predicted molar refractivity (Wildman–Crippen MR) is 89.4 cm³/mol. The van der Waals surface area contributed by atoms with E-state index in [1.807, 2.05) is 42.7 Å². The molecule has 1 aromatic carbocycles. The van der Waals surface area contributed by atoms with E-state index in [2.05, 4.69) is 24.3 Å². The minimum absolute atomic E-state index is 0.118. The molecule has 0 radical (unpaired) electrons. The number of ether oxygens (including phenoxy) is 2. The lowest BCUT2D eigenvalue weighted by Gasteiger charge is -2.39. The smallest absolute Gasteiger partial charge is 0.183 e. The van der Waals surface area contributed by atoms with Crippen molar-refractivity contribution in [2.75, 3.05) is 6.61 Å². The van der Waals surface area contributed by atoms with E-state index < -0.39 is 12.4 Å². The average molecular weight is 329 g/mol. The third kappa shape index (κ3) is 2.75. The van der Waals surface area contributed by atoms with Gasteiger partial charge in [-0.15, -0.1) is 0 Å². The molecule has 0 unspecified atom stereocenters. The molecule has 2 aliphatic heterocycles. The highest BCUT2D eigenvalue weighted by molar-refractivity contribution is 5.61. The summed E-state index contributed by atoms with van der Waals surface area (Å²) in [5.74, 6) is 0. The summed E-state index contributed by atoms with van der Waals surface area (Å²) in [5, 5.41) is 18.8. The van der Waals surface area contributed by atoms with Crippen molar-refractivity contribution in [1.82, 2.24) is 15.1 Å². The number of nitrogens with one attached hydrogen (secondary N) is 1. The Bertz CT molecular complexity index is 688. The molecule has 6 nitrogen and oxygen atoms in total. The van der Waals surface area contributed by atoms with Crippen molar-refractivity contribution < 1.29 is 14.6 Å². The standard InChI is InChI=1S/C18H23N3O3/c1-11(2)20-15-14-10-23-18(24-14)16(17(15)22)21-9-13(8-19-21)12-6-4-3-5-7-12/h3-9,11,14-18,20,22H,10H2,1-2H3/t14-,15-,16-,17+,18-/m1/s1. The monoisotopic (exact) mass is 329 g/mol. The van der Waals surface area contributed by atoms with Crippen molar-refractivity contribution in [1.29, 1.82) is 0 Å². The number of nitrogens with zero attached hydrogens (tertiary/aromatic N) is 2. The summed E-state index contributed by atoms with van der Waals surface area (Å²) >= 11 is 0. The van der Waals surface area contributed by atoms with Crippen molar-refractivity contribution >= 4 is 0 Å². The fourth-order valence-electron chi connectivity index (χ4n) is 3.55. The lowest BCUT2D eigenvalue weighted by atomic mass is 9.95. The quantitative estimate of drug-likeness (QED) is 0.891. The summed E-state index contributed by atoms with van der Waals surface area (Å²) in [6.45, 7) is 4.62.